The van der Waals surface area contributed by atoms with Crippen LogP contribution in [0, 0.1) is 0 Å². The Hall–Kier alpha value is -0.650. The van der Waals surface area contributed by atoms with Gasteiger partial charge in [-0.15, -0.1) is 0 Å². The van der Waals surface area contributed by atoms with Crippen LogP contribution in [-0.4, -0.2) is 36.1 Å². The molecule has 0 unspecified atom stereocenters. The molecule has 0 atom stereocenters. The first-order chi connectivity index (χ1) is 8.61. The molecule has 3 nitrogen and oxygen atoms in total. The number of hydrogen-bond acceptors (Lipinski definition) is 3. The van der Waals surface area contributed by atoms with E-state index < -0.39 is 0 Å². The minimum absolute atomic E-state index is 0.534. The maximum Gasteiger partial charge on any atom is 0.119 e. The summed E-state index contributed by atoms with van der Waals surface area (Å²) in [6.45, 7) is 5.27. The molecular formula is C13H19BrN2OS. The lowest BCUT2D eigenvalue weighted by Gasteiger charge is -2.20. The summed E-state index contributed by atoms with van der Waals surface area (Å²) in [4.78, 5) is 2.74. The minimum Gasteiger partial charge on any atom is -0.492 e. The third-order valence-electron chi connectivity index (χ3n) is 2.41. The number of benzene rings is 1. The lowest BCUT2D eigenvalue weighted by Crippen LogP contribution is -2.36. The summed E-state index contributed by atoms with van der Waals surface area (Å²) in [5, 5.41) is 0. The first-order valence-corrected chi connectivity index (χ1v) is 7.21. The maximum atomic E-state index is 5.67. The average molecular weight is 331 g/mol. The summed E-state index contributed by atoms with van der Waals surface area (Å²) in [5.41, 5.74) is 5.57. The molecule has 0 spiro atoms. The van der Waals surface area contributed by atoms with Gasteiger partial charge in [-0.25, -0.2) is 0 Å². The van der Waals surface area contributed by atoms with Crippen LogP contribution < -0.4 is 10.5 Å². The van der Waals surface area contributed by atoms with Crippen LogP contribution in [0.15, 0.2) is 28.7 Å². The van der Waals surface area contributed by atoms with E-state index in [0.717, 1.165) is 29.7 Å². The van der Waals surface area contributed by atoms with Gasteiger partial charge in [0.05, 0.1) is 4.99 Å². The van der Waals surface area contributed by atoms with Gasteiger partial charge in [0.2, 0.25) is 0 Å². The minimum atomic E-state index is 0.534. The van der Waals surface area contributed by atoms with Gasteiger partial charge in [0.15, 0.2) is 0 Å². The van der Waals surface area contributed by atoms with Crippen LogP contribution in [0.3, 0.4) is 0 Å². The summed E-state index contributed by atoms with van der Waals surface area (Å²) in [6, 6.07) is 7.83. The SMILES string of the molecule is CCCN(CCOc1ccc(Br)cc1)CC(N)=S. The van der Waals surface area contributed by atoms with E-state index in [-0.39, 0.29) is 0 Å². The fourth-order valence-electron chi connectivity index (χ4n) is 1.63. The molecule has 0 heterocycles. The summed E-state index contributed by atoms with van der Waals surface area (Å²) >= 11 is 8.33. The third kappa shape index (κ3) is 6.33. The Bertz CT molecular complexity index is 370. The zero-order chi connectivity index (χ0) is 13.4. The fourth-order valence-corrected chi connectivity index (χ4v) is 2.08. The molecule has 0 saturated carbocycles. The van der Waals surface area contributed by atoms with Crippen molar-refractivity contribution >= 4 is 33.1 Å². The first kappa shape index (κ1) is 15.4. The van der Waals surface area contributed by atoms with Crippen molar-refractivity contribution in [2.45, 2.75) is 13.3 Å². The molecule has 100 valence electrons. The molecule has 0 aliphatic rings. The number of halogens is 1. The second-order valence-corrected chi connectivity index (χ2v) is 5.48. The van der Waals surface area contributed by atoms with Gasteiger partial charge >= 0.3 is 0 Å². The molecule has 0 radical (unpaired) electrons. The van der Waals surface area contributed by atoms with Gasteiger partial charge in [-0.05, 0) is 37.2 Å². The lowest BCUT2D eigenvalue weighted by atomic mass is 10.3. The lowest BCUT2D eigenvalue weighted by molar-refractivity contribution is 0.227. The van der Waals surface area contributed by atoms with Crippen molar-refractivity contribution in [2.75, 3.05) is 26.2 Å². The topological polar surface area (TPSA) is 38.5 Å². The molecule has 0 saturated heterocycles. The molecule has 1 aromatic carbocycles. The van der Waals surface area contributed by atoms with E-state index in [9.17, 15) is 0 Å². The quantitative estimate of drug-likeness (QED) is 0.744. The van der Waals surface area contributed by atoms with E-state index in [4.69, 9.17) is 22.7 Å². The van der Waals surface area contributed by atoms with Crippen LogP contribution in [-0.2, 0) is 0 Å². The standard InChI is InChI=1S/C13H19BrN2OS/c1-2-7-16(10-13(15)18)8-9-17-12-5-3-11(14)4-6-12/h3-6H,2,7-10H2,1H3,(H2,15,18). The Balaban J connectivity index is 2.33. The summed E-state index contributed by atoms with van der Waals surface area (Å²) in [7, 11) is 0. The number of ether oxygens (including phenoxy) is 1. The molecule has 18 heavy (non-hydrogen) atoms. The van der Waals surface area contributed by atoms with Crippen molar-refractivity contribution in [1.29, 1.82) is 0 Å². The summed E-state index contributed by atoms with van der Waals surface area (Å²) in [5.74, 6) is 0.880. The molecule has 5 heteroatoms. The van der Waals surface area contributed by atoms with Crippen molar-refractivity contribution in [3.8, 4) is 5.75 Å². The number of thiocarbonyl (C=S) groups is 1. The number of nitrogens with two attached hydrogens (primary N) is 1. The van der Waals surface area contributed by atoms with Gasteiger partial charge < -0.3 is 10.5 Å². The third-order valence-corrected chi connectivity index (χ3v) is 3.07. The zero-order valence-electron chi connectivity index (χ0n) is 10.6. The summed E-state index contributed by atoms with van der Waals surface area (Å²) in [6.07, 6.45) is 1.08. The maximum absolute atomic E-state index is 5.67. The van der Waals surface area contributed by atoms with Gasteiger partial charge in [-0.3, -0.25) is 4.90 Å². The number of nitrogens with zero attached hydrogens (tertiary/aromatic N) is 1. The molecule has 2 N–H and O–H groups in total. The number of hydrogen-bond donors (Lipinski definition) is 1. The highest BCUT2D eigenvalue weighted by Crippen LogP contribution is 2.15. The van der Waals surface area contributed by atoms with Crippen molar-refractivity contribution < 1.29 is 4.74 Å². The Labute approximate surface area is 122 Å². The average Bonchev–Trinajstić information content (AvgIpc) is 2.31. The Kier molecular flexibility index (Phi) is 7.23. The van der Waals surface area contributed by atoms with E-state index in [0.29, 0.717) is 18.1 Å². The normalized spacial score (nSPS) is 10.6. The van der Waals surface area contributed by atoms with E-state index in [2.05, 4.69) is 27.8 Å². The molecule has 0 aromatic heterocycles. The van der Waals surface area contributed by atoms with Crippen molar-refractivity contribution in [1.82, 2.24) is 4.90 Å². The van der Waals surface area contributed by atoms with Crippen molar-refractivity contribution in [3.05, 3.63) is 28.7 Å². The molecule has 0 fully saturated rings. The van der Waals surface area contributed by atoms with Gasteiger partial charge in [0, 0.05) is 17.6 Å². The van der Waals surface area contributed by atoms with Crippen LogP contribution in [0.4, 0.5) is 0 Å². The molecule has 0 bridgehead atoms. The molecule has 1 rings (SSSR count). The molecule has 1 aromatic rings. The molecule has 0 aliphatic heterocycles. The van der Waals surface area contributed by atoms with Crippen LogP contribution >= 0.6 is 28.1 Å². The number of rotatable bonds is 8. The highest BCUT2D eigenvalue weighted by atomic mass is 79.9. The van der Waals surface area contributed by atoms with Crippen molar-refractivity contribution in [2.24, 2.45) is 5.73 Å². The van der Waals surface area contributed by atoms with Gasteiger partial charge in [0.25, 0.3) is 0 Å². The van der Waals surface area contributed by atoms with Crippen LogP contribution in [0.1, 0.15) is 13.3 Å². The first-order valence-electron chi connectivity index (χ1n) is 6.01. The van der Waals surface area contributed by atoms with E-state index in [1.165, 1.54) is 0 Å². The van der Waals surface area contributed by atoms with Gasteiger partial charge in [-0.2, -0.15) is 0 Å². The second kappa shape index (κ2) is 8.45. The molecular weight excluding hydrogens is 312 g/mol. The second-order valence-electron chi connectivity index (χ2n) is 4.04. The fraction of sp³-hybridized carbons (Fsp3) is 0.462. The zero-order valence-corrected chi connectivity index (χ0v) is 13.0. The Morgan fingerprint density at radius 2 is 2.00 bits per heavy atom. The van der Waals surface area contributed by atoms with Crippen LogP contribution in [0.2, 0.25) is 0 Å². The summed E-state index contributed by atoms with van der Waals surface area (Å²) < 4.78 is 6.72. The van der Waals surface area contributed by atoms with Crippen LogP contribution in [0.5, 0.6) is 5.75 Å². The van der Waals surface area contributed by atoms with Gasteiger partial charge in [0.1, 0.15) is 12.4 Å². The predicted octanol–water partition coefficient (Wildman–Crippen LogP) is 2.83. The van der Waals surface area contributed by atoms with Gasteiger partial charge in [-0.1, -0.05) is 35.1 Å². The predicted molar refractivity (Wildman–Crippen MR) is 83.2 cm³/mol. The van der Waals surface area contributed by atoms with Crippen LogP contribution in [0.25, 0.3) is 0 Å². The van der Waals surface area contributed by atoms with Crippen molar-refractivity contribution in [3.63, 3.8) is 0 Å². The van der Waals surface area contributed by atoms with E-state index in [1.807, 2.05) is 24.3 Å². The smallest absolute Gasteiger partial charge is 0.119 e. The Morgan fingerprint density at radius 1 is 1.33 bits per heavy atom. The monoisotopic (exact) mass is 330 g/mol. The largest absolute Gasteiger partial charge is 0.492 e. The molecule has 0 aliphatic carbocycles. The van der Waals surface area contributed by atoms with E-state index >= 15 is 0 Å². The molecule has 0 amide bonds. The highest BCUT2D eigenvalue weighted by Gasteiger charge is 2.05. The van der Waals surface area contributed by atoms with E-state index in [1.54, 1.807) is 0 Å². The Morgan fingerprint density at radius 3 is 2.56 bits per heavy atom. The highest BCUT2D eigenvalue weighted by molar-refractivity contribution is 9.10.